The van der Waals surface area contributed by atoms with Crippen LogP contribution in [0.25, 0.3) is 0 Å². The number of carboxylic acids is 1. The monoisotopic (exact) mass is 1230 g/mol. The summed E-state index contributed by atoms with van der Waals surface area (Å²) in [6.07, 6.45) is -1.38. The highest BCUT2D eigenvalue weighted by molar-refractivity contribution is 7.59. The Bertz CT molecular complexity index is 2760. The first-order chi connectivity index (χ1) is 36.0. The summed E-state index contributed by atoms with van der Waals surface area (Å²) in [4.78, 5) is 119. The first kappa shape index (κ1) is 75.5. The van der Waals surface area contributed by atoms with E-state index in [2.05, 4.69) is 31.3 Å². The zero-order valence-corrected chi connectivity index (χ0v) is 49.3. The number of halogens is 4. The third kappa shape index (κ3) is 28.0. The fourth-order valence-electron chi connectivity index (χ4n) is 6.07. The van der Waals surface area contributed by atoms with Crippen LogP contribution < -0.4 is 32.3 Å². The zero-order chi connectivity index (χ0) is 58.2. The van der Waals surface area contributed by atoms with Crippen molar-refractivity contribution in [3.63, 3.8) is 0 Å². The second kappa shape index (κ2) is 36.6. The van der Waals surface area contributed by atoms with Crippen LogP contribution in [0.1, 0.15) is 116 Å². The molecule has 8 N–H and O–H groups in total. The van der Waals surface area contributed by atoms with Crippen molar-refractivity contribution in [2.75, 3.05) is 37.9 Å². The molecule has 27 heteroatoms. The van der Waals surface area contributed by atoms with Gasteiger partial charge in [0.1, 0.15) is 29.1 Å². The van der Waals surface area contributed by atoms with E-state index in [-0.39, 0.29) is 127 Å². The smallest absolute Gasteiger partial charge is 0.412 e. The molecule has 0 fully saturated rings. The normalized spacial score (nSPS) is 11.0. The minimum Gasteiger partial charge on any atom is -0.478 e. The molecule has 0 aliphatic rings. The number of Topliss-reactive ketones (excluding diaryl/α,β-unsaturated/α-hetero) is 2. The van der Waals surface area contributed by atoms with Gasteiger partial charge >= 0.3 is 30.1 Å². The lowest BCUT2D eigenvalue weighted by Crippen LogP contribution is -2.42. The summed E-state index contributed by atoms with van der Waals surface area (Å²) in [7, 11) is 2.34. The highest BCUT2D eigenvalue weighted by atomic mass is 35.5. The maximum Gasteiger partial charge on any atom is 0.412 e. The quantitative estimate of drug-likeness (QED) is 0.0339. The number of carbonyl (C=O) groups excluding carboxylic acids is 9. The number of carboxylic acid groups (broad SMARTS) is 1. The summed E-state index contributed by atoms with van der Waals surface area (Å²) in [5.41, 5.74) is 5.04. The van der Waals surface area contributed by atoms with Gasteiger partial charge in [-0.1, -0.05) is 78.1 Å². The van der Waals surface area contributed by atoms with Crippen LogP contribution in [0.15, 0.2) is 84.9 Å². The number of benzene rings is 4. The molecule has 21 nitrogen and oxygen atoms in total. The molecule has 0 unspecified atom stereocenters. The molecule has 4 aromatic carbocycles. The lowest BCUT2D eigenvalue weighted by molar-refractivity contribution is -0.144. The number of anilines is 2. The van der Waals surface area contributed by atoms with Crippen LogP contribution in [0.2, 0.25) is 20.1 Å². The van der Waals surface area contributed by atoms with Gasteiger partial charge in [-0.15, -0.1) is 0 Å². The topological polar surface area (TPSA) is 314 Å². The SMILES string of the molecule is C.CC(C)(C)OC(=O)Nc1cccc(C(=O)O)c1.COC(=O)[C@H](CCC(=O)CN)NC(=O)c1c(Cl)cccc1Cl.COC(=O)[C@H](CCC(=O)CNC(=O)c1cccc(NC(=O)OC(C)(C)C)c1)NC(=O)c1c(Cl)cccc1Cl.S.S. The van der Waals surface area contributed by atoms with Crippen LogP contribution >= 0.6 is 73.4 Å². The predicted molar refractivity (Wildman–Crippen MR) is 316 cm³/mol. The van der Waals surface area contributed by atoms with Crippen molar-refractivity contribution in [2.45, 2.75) is 97.9 Å². The average molecular weight is 1240 g/mol. The molecule has 80 heavy (non-hydrogen) atoms. The van der Waals surface area contributed by atoms with Gasteiger partial charge in [-0.3, -0.25) is 34.6 Å². The Morgan fingerprint density at radius 2 is 0.900 bits per heavy atom. The number of aromatic carboxylic acids is 1. The van der Waals surface area contributed by atoms with Crippen LogP contribution in [0.3, 0.4) is 0 Å². The van der Waals surface area contributed by atoms with Gasteiger partial charge in [-0.25, -0.2) is 24.0 Å². The molecule has 4 aromatic rings. The number of nitrogens with one attached hydrogen (secondary N) is 5. The highest BCUT2D eigenvalue weighted by Crippen LogP contribution is 2.26. The van der Waals surface area contributed by atoms with Crippen LogP contribution in [-0.4, -0.2) is 115 Å². The van der Waals surface area contributed by atoms with E-state index in [0.29, 0.717) is 11.4 Å². The van der Waals surface area contributed by atoms with E-state index in [1.807, 2.05) is 0 Å². The summed E-state index contributed by atoms with van der Waals surface area (Å²) < 4.78 is 19.6. The van der Waals surface area contributed by atoms with E-state index < -0.39 is 71.1 Å². The summed E-state index contributed by atoms with van der Waals surface area (Å²) in [5, 5.41) is 21.8. The van der Waals surface area contributed by atoms with Crippen LogP contribution in [0.4, 0.5) is 21.0 Å². The number of nitrogens with two attached hydrogens (primary N) is 1. The van der Waals surface area contributed by atoms with Gasteiger partial charge < -0.3 is 45.7 Å². The number of rotatable bonds is 19. The van der Waals surface area contributed by atoms with Crippen molar-refractivity contribution >= 4 is 144 Å². The number of carbonyl (C=O) groups is 10. The number of methoxy groups -OCH3 is 2. The Labute approximate surface area is 498 Å². The van der Waals surface area contributed by atoms with E-state index in [4.69, 9.17) is 71.5 Å². The van der Waals surface area contributed by atoms with Crippen molar-refractivity contribution in [3.05, 3.63) is 127 Å². The molecule has 0 heterocycles. The third-order valence-corrected chi connectivity index (χ3v) is 10.8. The molecule has 4 rings (SSSR count). The molecule has 0 aliphatic carbocycles. The van der Waals surface area contributed by atoms with E-state index in [9.17, 15) is 47.9 Å². The molecule has 2 atom stereocenters. The van der Waals surface area contributed by atoms with Gasteiger partial charge in [0.25, 0.3) is 17.7 Å². The fourth-order valence-corrected chi connectivity index (χ4v) is 7.20. The maximum absolute atomic E-state index is 12.6. The number of ether oxygens (including phenoxy) is 4. The number of hydrogen-bond acceptors (Lipinski definition) is 15. The first-order valence-corrected chi connectivity index (χ1v) is 24.6. The summed E-state index contributed by atoms with van der Waals surface area (Å²) >= 11 is 24.0. The van der Waals surface area contributed by atoms with Crippen molar-refractivity contribution in [1.82, 2.24) is 16.0 Å². The largest absolute Gasteiger partial charge is 0.478 e. The predicted octanol–water partition coefficient (Wildman–Crippen LogP) is 9.56. The average Bonchev–Trinajstić information content (AvgIpc) is 3.34. The summed E-state index contributed by atoms with van der Waals surface area (Å²) in [5.74, 6) is -4.94. The number of esters is 2. The Morgan fingerprint density at radius 3 is 1.25 bits per heavy atom. The molecular weight excluding hydrogens is 1170 g/mol. The minimum atomic E-state index is -1.14. The van der Waals surface area contributed by atoms with E-state index >= 15 is 0 Å². The molecule has 0 spiro atoms. The van der Waals surface area contributed by atoms with Crippen molar-refractivity contribution in [1.29, 1.82) is 0 Å². The second-order valence-corrected chi connectivity index (χ2v) is 19.7. The van der Waals surface area contributed by atoms with Gasteiger partial charge in [0.15, 0.2) is 5.78 Å². The van der Waals surface area contributed by atoms with Crippen molar-refractivity contribution in [3.8, 4) is 0 Å². The van der Waals surface area contributed by atoms with Crippen molar-refractivity contribution in [2.24, 2.45) is 5.73 Å². The zero-order valence-electron chi connectivity index (χ0n) is 44.2. The molecule has 0 saturated heterocycles. The molecule has 5 amide bonds. The standard InChI is InChI=1S/C26H29Cl2N3O7.C14H16Cl2N2O4.C12H15NO4.CH4.2H2S/c1-26(2,3)38-25(36)30-16-8-5-7-15(13-16)22(33)29-14-17(32)11-12-20(24(35)37-4)31-23(34)21-18(27)9-6-10-19(21)28;1-22-14(21)11(6-5-8(19)7-17)18-13(20)12-9(15)3-2-4-10(12)16;1-12(2,3)17-11(16)13-9-6-4-5-8(7-9)10(14)15;;;/h5-10,13,20H,11-12,14H2,1-4H3,(H,29,33)(H,30,36)(H,31,34);2-4,11H,5-7,17H2,1H3,(H,18,20);4-7H,1-3H3,(H,13,16)(H,14,15);1H4;2*1H2/t20-;11-;;;;/m00..../s1. The number of amides is 5. The van der Waals surface area contributed by atoms with Crippen LogP contribution in [0, 0.1) is 0 Å². The lowest BCUT2D eigenvalue weighted by Gasteiger charge is -2.19. The molecule has 0 radical (unpaired) electrons. The Kier molecular flexibility index (Phi) is 34.5. The Balaban J connectivity index is 0. The third-order valence-electron chi connectivity index (χ3n) is 9.58. The van der Waals surface area contributed by atoms with Gasteiger partial charge in [0.05, 0.1) is 64.1 Å². The molecule has 0 aromatic heterocycles. The maximum atomic E-state index is 12.6. The first-order valence-electron chi connectivity index (χ1n) is 23.1. The molecule has 0 aliphatic heterocycles. The van der Waals surface area contributed by atoms with E-state index in [0.717, 1.165) is 7.11 Å². The van der Waals surface area contributed by atoms with Gasteiger partial charge in [-0.2, -0.15) is 27.0 Å². The van der Waals surface area contributed by atoms with E-state index in [1.165, 1.54) is 55.6 Å². The molecule has 0 saturated carbocycles. The van der Waals surface area contributed by atoms with Gasteiger partial charge in [0.2, 0.25) is 0 Å². The molecule has 0 bridgehead atoms. The highest BCUT2D eigenvalue weighted by Gasteiger charge is 2.27. The lowest BCUT2D eigenvalue weighted by atomic mass is 10.1. The summed E-state index contributed by atoms with van der Waals surface area (Å²) in [6, 6.07) is 19.1. The van der Waals surface area contributed by atoms with Crippen molar-refractivity contribution < 1.29 is 72.0 Å². The minimum absolute atomic E-state index is 0. The Hall–Kier alpha value is -6.60. The van der Waals surface area contributed by atoms with Gasteiger partial charge in [-0.05, 0) is 115 Å². The van der Waals surface area contributed by atoms with Gasteiger partial charge in [0, 0.05) is 29.8 Å². The molecule has 440 valence electrons. The number of ketones is 2. The van der Waals surface area contributed by atoms with Crippen LogP contribution in [0.5, 0.6) is 0 Å². The van der Waals surface area contributed by atoms with E-state index in [1.54, 1.807) is 77.9 Å². The van der Waals surface area contributed by atoms with Crippen LogP contribution in [-0.2, 0) is 38.1 Å². The molecular formula is C53H68Cl4N6O15S2. The Morgan fingerprint density at radius 1 is 0.550 bits per heavy atom. The summed E-state index contributed by atoms with van der Waals surface area (Å²) in [6.45, 7) is 9.98. The fraction of sp³-hybridized carbons (Fsp3) is 0.358. The number of hydrogen-bond donors (Lipinski definition) is 7. The second-order valence-electron chi connectivity index (χ2n) is 18.1.